The molecule has 0 radical (unpaired) electrons. The van der Waals surface area contributed by atoms with Crippen molar-refractivity contribution in [2.24, 2.45) is 5.41 Å². The third-order valence-electron chi connectivity index (χ3n) is 6.97. The van der Waals surface area contributed by atoms with E-state index in [4.69, 9.17) is 17.0 Å². The first-order chi connectivity index (χ1) is 15.9. The van der Waals surface area contributed by atoms with Gasteiger partial charge < -0.3 is 14.7 Å². The zero-order valence-electron chi connectivity index (χ0n) is 22.8. The number of hydrogen-bond acceptors (Lipinski definition) is 4. The van der Waals surface area contributed by atoms with Crippen LogP contribution in [-0.2, 0) is 4.74 Å². The molecular weight excluding hydrogens is 446 g/mol. The van der Waals surface area contributed by atoms with Crippen molar-refractivity contribution in [1.29, 1.82) is 0 Å². The molecule has 198 valence electrons. The van der Waals surface area contributed by atoms with E-state index in [1.807, 2.05) is 0 Å². The van der Waals surface area contributed by atoms with E-state index in [0.29, 0.717) is 6.61 Å². The van der Waals surface area contributed by atoms with Gasteiger partial charge in [0.2, 0.25) is 0 Å². The number of thiocarbonyl (C=S) groups is 1. The molecule has 0 amide bonds. The second-order valence-electron chi connectivity index (χ2n) is 9.91. The van der Waals surface area contributed by atoms with Crippen LogP contribution in [0.2, 0.25) is 0 Å². The van der Waals surface area contributed by atoms with Crippen LogP contribution in [0.25, 0.3) is 0 Å². The number of unbranched alkanes of at least 4 members (excludes halogenated alkanes) is 14. The molecule has 0 bridgehead atoms. The summed E-state index contributed by atoms with van der Waals surface area (Å²) in [5.41, 5.74) is -0.266. The topological polar surface area (TPSA) is 32.7 Å². The minimum Gasteiger partial charge on any atom is -0.367 e. The summed E-state index contributed by atoms with van der Waals surface area (Å²) in [5.74, 6) is 0.791. The monoisotopic (exact) mass is 503 g/mol. The van der Waals surface area contributed by atoms with E-state index in [1.165, 1.54) is 89.9 Å². The molecule has 0 aliphatic heterocycles. The standard InChI is InChI=1S/C28H57NO2S2/c1-6-10-11-12-13-14-15-16-17-18-19-20-21-22-23-24-31-26(30)28(5,7-2)25-33-27(32)29(8-3)9-4/h26,30H,6-25H2,1-5H3. The maximum Gasteiger partial charge on any atom is 0.160 e. The predicted octanol–water partition coefficient (Wildman–Crippen LogP) is 8.97. The van der Waals surface area contributed by atoms with Crippen molar-refractivity contribution in [2.75, 3.05) is 25.4 Å². The number of rotatable bonds is 23. The molecule has 0 saturated carbocycles. The lowest BCUT2D eigenvalue weighted by atomic mass is 9.89. The number of thioether (sulfide) groups is 1. The minimum absolute atomic E-state index is 0.266. The largest absolute Gasteiger partial charge is 0.367 e. The van der Waals surface area contributed by atoms with E-state index in [0.717, 1.165) is 36.0 Å². The molecule has 2 atom stereocenters. The van der Waals surface area contributed by atoms with Crippen molar-refractivity contribution in [1.82, 2.24) is 4.90 Å². The van der Waals surface area contributed by atoms with Crippen LogP contribution in [0.15, 0.2) is 0 Å². The Labute approximate surface area is 217 Å². The number of nitrogens with zero attached hydrogens (tertiary/aromatic N) is 1. The Morgan fingerprint density at radius 2 is 1.21 bits per heavy atom. The summed E-state index contributed by atoms with van der Waals surface area (Å²) in [5, 5.41) is 10.7. The second kappa shape index (κ2) is 22.6. The third kappa shape index (κ3) is 17.3. The maximum absolute atomic E-state index is 10.7. The molecule has 2 unspecified atom stereocenters. The highest BCUT2D eigenvalue weighted by molar-refractivity contribution is 8.22. The van der Waals surface area contributed by atoms with Crippen molar-refractivity contribution in [3.63, 3.8) is 0 Å². The molecule has 5 heteroatoms. The van der Waals surface area contributed by atoms with Gasteiger partial charge in [0.15, 0.2) is 6.29 Å². The summed E-state index contributed by atoms with van der Waals surface area (Å²) in [6, 6.07) is 0. The van der Waals surface area contributed by atoms with Crippen LogP contribution in [0.5, 0.6) is 0 Å². The van der Waals surface area contributed by atoms with Crippen molar-refractivity contribution in [3.05, 3.63) is 0 Å². The van der Waals surface area contributed by atoms with Gasteiger partial charge in [0.1, 0.15) is 4.32 Å². The van der Waals surface area contributed by atoms with Gasteiger partial charge in [0, 0.05) is 30.9 Å². The Bertz CT molecular complexity index is 446. The average molecular weight is 504 g/mol. The first-order valence-electron chi connectivity index (χ1n) is 14.2. The number of aliphatic hydroxyl groups excluding tert-OH is 1. The highest BCUT2D eigenvalue weighted by atomic mass is 32.2. The lowest BCUT2D eigenvalue weighted by molar-refractivity contribution is -0.164. The Balaban J connectivity index is 3.69. The maximum atomic E-state index is 10.7. The van der Waals surface area contributed by atoms with Gasteiger partial charge in [0.05, 0.1) is 0 Å². The molecule has 0 aromatic rings. The van der Waals surface area contributed by atoms with E-state index in [1.54, 1.807) is 11.8 Å². The fourth-order valence-electron chi connectivity index (χ4n) is 4.02. The van der Waals surface area contributed by atoms with Gasteiger partial charge in [-0.3, -0.25) is 0 Å². The molecule has 0 aromatic heterocycles. The molecule has 33 heavy (non-hydrogen) atoms. The number of aliphatic hydroxyl groups is 1. The molecule has 0 aromatic carbocycles. The quantitative estimate of drug-likeness (QED) is 0.0854. The van der Waals surface area contributed by atoms with E-state index in [2.05, 4.69) is 39.5 Å². The predicted molar refractivity (Wildman–Crippen MR) is 153 cm³/mol. The normalized spacial score (nSPS) is 14.2. The van der Waals surface area contributed by atoms with Crippen LogP contribution in [0.4, 0.5) is 0 Å². The van der Waals surface area contributed by atoms with E-state index in [-0.39, 0.29) is 5.41 Å². The van der Waals surface area contributed by atoms with Crippen molar-refractivity contribution in [3.8, 4) is 0 Å². The van der Waals surface area contributed by atoms with Gasteiger partial charge >= 0.3 is 0 Å². The Hall–Kier alpha value is 0.160. The smallest absolute Gasteiger partial charge is 0.160 e. The highest BCUT2D eigenvalue weighted by Gasteiger charge is 2.33. The average Bonchev–Trinajstić information content (AvgIpc) is 2.82. The summed E-state index contributed by atoms with van der Waals surface area (Å²) in [7, 11) is 0. The van der Waals surface area contributed by atoms with Crippen LogP contribution in [0, 0.1) is 5.41 Å². The van der Waals surface area contributed by atoms with Crippen LogP contribution in [0.3, 0.4) is 0 Å². The van der Waals surface area contributed by atoms with Gasteiger partial charge in [0.25, 0.3) is 0 Å². The second-order valence-corrected chi connectivity index (χ2v) is 11.5. The van der Waals surface area contributed by atoms with Crippen LogP contribution in [-0.4, -0.2) is 46.1 Å². The fraction of sp³-hybridized carbons (Fsp3) is 0.964. The van der Waals surface area contributed by atoms with Crippen molar-refractivity contribution >= 4 is 28.3 Å². The van der Waals surface area contributed by atoms with Crippen LogP contribution < -0.4 is 0 Å². The van der Waals surface area contributed by atoms with Crippen LogP contribution >= 0.6 is 24.0 Å². The molecule has 0 aliphatic rings. The van der Waals surface area contributed by atoms with Gasteiger partial charge in [-0.05, 0) is 26.7 Å². The lowest BCUT2D eigenvalue weighted by Gasteiger charge is -2.34. The zero-order chi connectivity index (χ0) is 24.8. The van der Waals surface area contributed by atoms with E-state index in [9.17, 15) is 5.11 Å². The van der Waals surface area contributed by atoms with Gasteiger partial charge in [-0.25, -0.2) is 0 Å². The Kier molecular flexibility index (Phi) is 22.7. The van der Waals surface area contributed by atoms with Gasteiger partial charge in [-0.15, -0.1) is 0 Å². The first-order valence-corrected chi connectivity index (χ1v) is 15.6. The molecule has 0 rings (SSSR count). The van der Waals surface area contributed by atoms with Gasteiger partial charge in [-0.2, -0.15) is 0 Å². The molecule has 1 N–H and O–H groups in total. The lowest BCUT2D eigenvalue weighted by Crippen LogP contribution is -2.38. The zero-order valence-corrected chi connectivity index (χ0v) is 24.5. The highest BCUT2D eigenvalue weighted by Crippen LogP contribution is 2.32. The molecule has 0 fully saturated rings. The molecule has 0 saturated heterocycles. The Morgan fingerprint density at radius 1 is 0.788 bits per heavy atom. The van der Waals surface area contributed by atoms with Crippen molar-refractivity contribution in [2.45, 2.75) is 144 Å². The van der Waals surface area contributed by atoms with Gasteiger partial charge in [-0.1, -0.05) is 135 Å². The summed E-state index contributed by atoms with van der Waals surface area (Å²) in [4.78, 5) is 2.19. The van der Waals surface area contributed by atoms with E-state index >= 15 is 0 Å². The summed E-state index contributed by atoms with van der Waals surface area (Å²) in [6.07, 6.45) is 20.6. The summed E-state index contributed by atoms with van der Waals surface area (Å²) >= 11 is 7.23. The minimum atomic E-state index is -0.721. The third-order valence-corrected chi connectivity index (χ3v) is 8.90. The van der Waals surface area contributed by atoms with Crippen LogP contribution in [0.1, 0.15) is 137 Å². The molecule has 0 heterocycles. The Morgan fingerprint density at radius 3 is 1.61 bits per heavy atom. The summed E-state index contributed by atoms with van der Waals surface area (Å²) < 4.78 is 6.77. The molecule has 0 spiro atoms. The first kappa shape index (κ1) is 33.2. The molecule has 0 aliphatic carbocycles. The van der Waals surface area contributed by atoms with E-state index < -0.39 is 6.29 Å². The molecular formula is C28H57NO2S2. The summed E-state index contributed by atoms with van der Waals surface area (Å²) in [6.45, 7) is 13.3. The number of hydrogen-bond donors (Lipinski definition) is 1. The number of ether oxygens (including phenoxy) is 1. The van der Waals surface area contributed by atoms with Crippen molar-refractivity contribution < 1.29 is 9.84 Å². The fourth-order valence-corrected chi connectivity index (χ4v) is 5.69. The SMILES string of the molecule is CCCCCCCCCCCCCCCCCOC(O)C(C)(CC)CSC(=S)N(CC)CC. The molecule has 3 nitrogen and oxygen atoms in total.